The summed E-state index contributed by atoms with van der Waals surface area (Å²) in [6.07, 6.45) is 2.90. The number of nitrogens with zero attached hydrogens (tertiary/aromatic N) is 3. The second kappa shape index (κ2) is 5.74. The van der Waals surface area contributed by atoms with Crippen molar-refractivity contribution in [1.82, 2.24) is 10.1 Å². The molecular formula is C17H18N4O3. The predicted octanol–water partition coefficient (Wildman–Crippen LogP) is 1.86. The van der Waals surface area contributed by atoms with Crippen LogP contribution in [0.5, 0.6) is 0 Å². The van der Waals surface area contributed by atoms with E-state index < -0.39 is 0 Å². The van der Waals surface area contributed by atoms with Crippen LogP contribution in [0, 0.1) is 12.8 Å². The van der Waals surface area contributed by atoms with Gasteiger partial charge in [0.05, 0.1) is 6.42 Å². The maximum absolute atomic E-state index is 12.4. The standard InChI is InChI=1S/C17H18N4O3/c1-10-18-15(20-24-10)9-16(22)19-13-5-4-11-6-7-21(14(11)8-13)17(23)12-2-3-12/h4-5,8,12H,2-3,6-7,9H2,1H3,(H,19,22). The van der Waals surface area contributed by atoms with E-state index >= 15 is 0 Å². The molecule has 0 spiro atoms. The highest BCUT2D eigenvalue weighted by molar-refractivity contribution is 5.99. The molecule has 1 fully saturated rings. The van der Waals surface area contributed by atoms with Gasteiger partial charge in [0.15, 0.2) is 5.82 Å². The van der Waals surface area contributed by atoms with Crippen molar-refractivity contribution in [2.24, 2.45) is 5.92 Å². The molecule has 0 unspecified atom stereocenters. The lowest BCUT2D eigenvalue weighted by Gasteiger charge is -2.18. The fourth-order valence-electron chi connectivity index (χ4n) is 3.00. The molecule has 2 aromatic rings. The van der Waals surface area contributed by atoms with Crippen molar-refractivity contribution < 1.29 is 14.1 Å². The number of rotatable bonds is 4. The van der Waals surface area contributed by atoms with Gasteiger partial charge in [-0.2, -0.15) is 4.98 Å². The quantitative estimate of drug-likeness (QED) is 0.926. The zero-order valence-electron chi connectivity index (χ0n) is 13.4. The first kappa shape index (κ1) is 14.9. The average molecular weight is 326 g/mol. The topological polar surface area (TPSA) is 88.3 Å². The van der Waals surface area contributed by atoms with Gasteiger partial charge in [-0.3, -0.25) is 9.59 Å². The second-order valence-corrected chi connectivity index (χ2v) is 6.31. The Kier molecular flexibility index (Phi) is 3.55. The summed E-state index contributed by atoms with van der Waals surface area (Å²) in [6, 6.07) is 5.72. The van der Waals surface area contributed by atoms with Crippen LogP contribution >= 0.6 is 0 Å². The number of fused-ring (bicyclic) bond motifs is 1. The summed E-state index contributed by atoms with van der Waals surface area (Å²) in [6.45, 7) is 2.41. The Hall–Kier alpha value is -2.70. The first-order valence-electron chi connectivity index (χ1n) is 8.13. The lowest BCUT2D eigenvalue weighted by atomic mass is 10.1. The van der Waals surface area contributed by atoms with Crippen LogP contribution in [0.25, 0.3) is 0 Å². The molecule has 2 heterocycles. The summed E-state index contributed by atoms with van der Waals surface area (Å²) >= 11 is 0. The Balaban J connectivity index is 1.47. The predicted molar refractivity (Wildman–Crippen MR) is 86.6 cm³/mol. The first-order chi connectivity index (χ1) is 11.6. The third-order valence-corrected chi connectivity index (χ3v) is 4.35. The van der Waals surface area contributed by atoms with Gasteiger partial charge in [-0.15, -0.1) is 0 Å². The van der Waals surface area contributed by atoms with E-state index in [9.17, 15) is 9.59 Å². The number of nitrogens with one attached hydrogen (secondary N) is 1. The SMILES string of the molecule is Cc1nc(CC(=O)Nc2ccc3c(c2)N(C(=O)C2CC2)CC3)no1. The Morgan fingerprint density at radius 3 is 2.92 bits per heavy atom. The normalized spacial score (nSPS) is 16.1. The molecule has 7 nitrogen and oxygen atoms in total. The number of aryl methyl sites for hydroxylation is 1. The van der Waals surface area contributed by atoms with Crippen LogP contribution in [0.3, 0.4) is 0 Å². The minimum Gasteiger partial charge on any atom is -0.340 e. The molecule has 7 heteroatoms. The third-order valence-electron chi connectivity index (χ3n) is 4.35. The van der Waals surface area contributed by atoms with E-state index in [4.69, 9.17) is 4.52 Å². The fourth-order valence-corrected chi connectivity index (χ4v) is 3.00. The van der Waals surface area contributed by atoms with Gasteiger partial charge in [-0.1, -0.05) is 11.2 Å². The molecule has 0 saturated heterocycles. The second-order valence-electron chi connectivity index (χ2n) is 6.31. The van der Waals surface area contributed by atoms with E-state index in [-0.39, 0.29) is 24.2 Å². The number of hydrogen-bond acceptors (Lipinski definition) is 5. The van der Waals surface area contributed by atoms with Crippen LogP contribution in [0.1, 0.15) is 30.1 Å². The van der Waals surface area contributed by atoms with Gasteiger partial charge in [0.25, 0.3) is 0 Å². The highest BCUT2D eigenvalue weighted by Crippen LogP contribution is 2.37. The van der Waals surface area contributed by atoms with E-state index in [1.165, 1.54) is 0 Å². The van der Waals surface area contributed by atoms with Crippen molar-refractivity contribution in [3.63, 3.8) is 0 Å². The molecule has 2 amide bonds. The van der Waals surface area contributed by atoms with Crippen molar-refractivity contribution in [3.05, 3.63) is 35.5 Å². The maximum atomic E-state index is 12.4. The summed E-state index contributed by atoms with van der Waals surface area (Å²) in [5.41, 5.74) is 2.74. The molecule has 124 valence electrons. The largest absolute Gasteiger partial charge is 0.340 e. The molecule has 1 saturated carbocycles. The summed E-state index contributed by atoms with van der Waals surface area (Å²) in [5, 5.41) is 6.55. The molecule has 1 aromatic carbocycles. The van der Waals surface area contributed by atoms with Crippen molar-refractivity contribution in [2.45, 2.75) is 32.6 Å². The van der Waals surface area contributed by atoms with Gasteiger partial charge in [-0.25, -0.2) is 0 Å². The van der Waals surface area contributed by atoms with Gasteiger partial charge in [0.1, 0.15) is 0 Å². The highest BCUT2D eigenvalue weighted by atomic mass is 16.5. The molecule has 0 radical (unpaired) electrons. The molecule has 4 rings (SSSR count). The van der Waals surface area contributed by atoms with Gasteiger partial charge < -0.3 is 14.7 Å². The van der Waals surface area contributed by atoms with Crippen LogP contribution in [-0.4, -0.2) is 28.5 Å². The number of benzene rings is 1. The molecule has 24 heavy (non-hydrogen) atoms. The molecular weight excluding hydrogens is 308 g/mol. The Labute approximate surface area is 139 Å². The van der Waals surface area contributed by atoms with Crippen LogP contribution in [0.15, 0.2) is 22.7 Å². The maximum Gasteiger partial charge on any atom is 0.232 e. The van der Waals surface area contributed by atoms with E-state index in [1.807, 2.05) is 23.1 Å². The minimum absolute atomic E-state index is 0.0547. The highest BCUT2D eigenvalue weighted by Gasteiger charge is 2.36. The number of hydrogen-bond donors (Lipinski definition) is 1. The van der Waals surface area contributed by atoms with Crippen LogP contribution in [0.2, 0.25) is 0 Å². The lowest BCUT2D eigenvalue weighted by molar-refractivity contribution is -0.119. The van der Waals surface area contributed by atoms with Crippen LogP contribution < -0.4 is 10.2 Å². The zero-order valence-corrected chi connectivity index (χ0v) is 13.4. The van der Waals surface area contributed by atoms with Gasteiger partial charge in [-0.05, 0) is 37.0 Å². The van der Waals surface area contributed by atoms with Gasteiger partial charge in [0.2, 0.25) is 17.7 Å². The molecule has 1 aliphatic heterocycles. The van der Waals surface area contributed by atoms with E-state index in [0.29, 0.717) is 17.4 Å². The first-order valence-corrected chi connectivity index (χ1v) is 8.13. The summed E-state index contributed by atoms with van der Waals surface area (Å²) < 4.78 is 4.86. The number of carbonyl (C=O) groups excluding carboxylic acids is 2. The molecule has 0 bridgehead atoms. The van der Waals surface area contributed by atoms with Crippen molar-refractivity contribution >= 4 is 23.2 Å². The van der Waals surface area contributed by atoms with Crippen LogP contribution in [-0.2, 0) is 22.4 Å². The smallest absolute Gasteiger partial charge is 0.232 e. The zero-order chi connectivity index (χ0) is 16.7. The number of carbonyl (C=O) groups is 2. The van der Waals surface area contributed by atoms with Gasteiger partial charge >= 0.3 is 0 Å². The van der Waals surface area contributed by atoms with Crippen molar-refractivity contribution in [1.29, 1.82) is 0 Å². The summed E-state index contributed by atoms with van der Waals surface area (Å²) in [7, 11) is 0. The number of aromatic nitrogens is 2. The molecule has 1 aromatic heterocycles. The number of anilines is 2. The number of amides is 2. The van der Waals surface area contributed by atoms with E-state index in [0.717, 1.165) is 37.1 Å². The summed E-state index contributed by atoms with van der Waals surface area (Å²) in [4.78, 5) is 30.3. The molecule has 2 aliphatic rings. The minimum atomic E-state index is -0.214. The van der Waals surface area contributed by atoms with Crippen molar-refractivity contribution in [3.8, 4) is 0 Å². The van der Waals surface area contributed by atoms with E-state index in [2.05, 4.69) is 15.5 Å². The summed E-state index contributed by atoms with van der Waals surface area (Å²) in [5.74, 6) is 0.977. The Morgan fingerprint density at radius 2 is 2.21 bits per heavy atom. The van der Waals surface area contributed by atoms with Crippen molar-refractivity contribution in [2.75, 3.05) is 16.8 Å². The van der Waals surface area contributed by atoms with E-state index in [1.54, 1.807) is 6.92 Å². The molecule has 0 atom stereocenters. The monoisotopic (exact) mass is 326 g/mol. The molecule has 1 N–H and O–H groups in total. The Bertz CT molecular complexity index is 810. The third kappa shape index (κ3) is 2.89. The molecule has 1 aliphatic carbocycles. The lowest BCUT2D eigenvalue weighted by Crippen LogP contribution is -2.30. The van der Waals surface area contributed by atoms with Gasteiger partial charge in [0, 0.05) is 30.8 Å². The fraction of sp³-hybridized carbons (Fsp3) is 0.412. The van der Waals surface area contributed by atoms with Crippen LogP contribution in [0.4, 0.5) is 11.4 Å². The average Bonchev–Trinajstić information content (AvgIpc) is 3.20. The Morgan fingerprint density at radius 1 is 1.38 bits per heavy atom.